The zero-order chi connectivity index (χ0) is 12.6. The maximum absolute atomic E-state index is 12.1. The Bertz CT molecular complexity index is 524. The van der Waals surface area contributed by atoms with Gasteiger partial charge in [0, 0.05) is 20.1 Å². The minimum atomic E-state index is -3.38. The largest absolute Gasteiger partial charge is 0.495 e. The minimum absolute atomic E-state index is 0.559. The molecule has 1 heterocycles. The van der Waals surface area contributed by atoms with Gasteiger partial charge in [0.2, 0.25) is 0 Å². The molecule has 6 heteroatoms. The third-order valence-electron chi connectivity index (χ3n) is 2.75. The molecule has 1 aromatic carbocycles. The number of benzene rings is 1. The van der Waals surface area contributed by atoms with Crippen LogP contribution < -0.4 is 9.04 Å². The molecule has 1 aromatic rings. The molecule has 0 atom stereocenters. The van der Waals surface area contributed by atoms with E-state index in [-0.39, 0.29) is 0 Å². The van der Waals surface area contributed by atoms with Crippen LogP contribution in [0.3, 0.4) is 0 Å². The van der Waals surface area contributed by atoms with Crippen molar-refractivity contribution in [1.29, 1.82) is 0 Å². The Morgan fingerprint density at radius 2 is 2.00 bits per heavy atom. The van der Waals surface area contributed by atoms with Crippen molar-refractivity contribution in [2.45, 2.75) is 6.92 Å². The fraction of sp³-hybridized carbons (Fsp3) is 0.455. The average Bonchev–Trinajstić information content (AvgIpc) is 3.12. The summed E-state index contributed by atoms with van der Waals surface area (Å²) in [6, 6.07) is 5.47. The van der Waals surface area contributed by atoms with E-state index in [2.05, 4.69) is 0 Å². The summed E-state index contributed by atoms with van der Waals surface area (Å²) in [5.41, 5.74) is 1.56. The first-order valence-corrected chi connectivity index (χ1v) is 6.75. The van der Waals surface area contributed by atoms with Crippen molar-refractivity contribution >= 4 is 15.9 Å². The maximum atomic E-state index is 12.1. The van der Waals surface area contributed by atoms with Crippen LogP contribution in [-0.4, -0.2) is 40.0 Å². The van der Waals surface area contributed by atoms with E-state index < -0.39 is 10.2 Å². The lowest BCUT2D eigenvalue weighted by Crippen LogP contribution is -2.32. The molecule has 0 bridgehead atoms. The standard InChI is InChI=1S/C11H16N2O3S/c1-9-4-5-11(16-3)10(8-9)12(2)17(14,15)13-6-7-13/h4-5,8H,6-7H2,1-3H3. The van der Waals surface area contributed by atoms with Gasteiger partial charge < -0.3 is 4.74 Å². The highest BCUT2D eigenvalue weighted by Crippen LogP contribution is 2.32. The molecule has 5 nitrogen and oxygen atoms in total. The predicted octanol–water partition coefficient (Wildman–Crippen LogP) is 1.00. The second-order valence-electron chi connectivity index (χ2n) is 4.05. The molecule has 0 saturated carbocycles. The van der Waals surface area contributed by atoms with Crippen LogP contribution in [0.4, 0.5) is 5.69 Å². The molecule has 1 aliphatic rings. The van der Waals surface area contributed by atoms with Crippen molar-refractivity contribution in [2.24, 2.45) is 0 Å². The van der Waals surface area contributed by atoms with Gasteiger partial charge in [0.15, 0.2) is 0 Å². The summed E-state index contributed by atoms with van der Waals surface area (Å²) >= 11 is 0. The van der Waals surface area contributed by atoms with Crippen molar-refractivity contribution < 1.29 is 13.2 Å². The van der Waals surface area contributed by atoms with E-state index in [1.165, 1.54) is 15.7 Å². The average molecular weight is 256 g/mol. The Morgan fingerprint density at radius 1 is 1.35 bits per heavy atom. The van der Waals surface area contributed by atoms with Crippen molar-refractivity contribution in [3.63, 3.8) is 0 Å². The first-order chi connectivity index (χ1) is 7.96. The number of hydrogen-bond acceptors (Lipinski definition) is 3. The third-order valence-corrected chi connectivity index (χ3v) is 4.66. The van der Waals surface area contributed by atoms with Gasteiger partial charge in [-0.1, -0.05) is 6.07 Å². The van der Waals surface area contributed by atoms with Gasteiger partial charge in [-0.2, -0.15) is 12.7 Å². The summed E-state index contributed by atoms with van der Waals surface area (Å²) in [6.45, 7) is 3.11. The molecule has 0 unspecified atom stereocenters. The number of rotatable bonds is 4. The van der Waals surface area contributed by atoms with Gasteiger partial charge in [-0.15, -0.1) is 0 Å². The van der Waals surface area contributed by atoms with Crippen molar-refractivity contribution in [1.82, 2.24) is 4.31 Å². The number of anilines is 1. The third kappa shape index (κ3) is 2.23. The molecule has 1 fully saturated rings. The lowest BCUT2D eigenvalue weighted by molar-refractivity contribution is 0.415. The number of hydrogen-bond donors (Lipinski definition) is 0. The summed E-state index contributed by atoms with van der Waals surface area (Å²) in [7, 11) is -0.301. The van der Waals surface area contributed by atoms with Crippen LogP contribution in [0.25, 0.3) is 0 Å². The number of aryl methyl sites for hydroxylation is 1. The van der Waals surface area contributed by atoms with E-state index in [0.717, 1.165) is 5.56 Å². The number of ether oxygens (including phenoxy) is 1. The van der Waals surface area contributed by atoms with Crippen molar-refractivity contribution in [2.75, 3.05) is 31.6 Å². The quantitative estimate of drug-likeness (QED) is 0.755. The molecule has 0 aliphatic carbocycles. The van der Waals surface area contributed by atoms with Crippen LogP contribution in [0.5, 0.6) is 5.75 Å². The molecule has 0 N–H and O–H groups in total. The van der Waals surface area contributed by atoms with Crippen LogP contribution in [0, 0.1) is 6.92 Å². The van der Waals surface area contributed by atoms with E-state index in [4.69, 9.17) is 4.74 Å². The molecular weight excluding hydrogens is 240 g/mol. The second kappa shape index (κ2) is 4.19. The predicted molar refractivity (Wildman–Crippen MR) is 66.6 cm³/mol. The molecule has 1 saturated heterocycles. The first kappa shape index (κ1) is 12.2. The molecule has 1 aliphatic heterocycles. The number of methoxy groups -OCH3 is 1. The second-order valence-corrected chi connectivity index (χ2v) is 6.01. The van der Waals surface area contributed by atoms with Crippen LogP contribution >= 0.6 is 0 Å². The minimum Gasteiger partial charge on any atom is -0.495 e. The summed E-state index contributed by atoms with van der Waals surface area (Å²) in [5, 5.41) is 0. The Morgan fingerprint density at radius 3 is 2.53 bits per heavy atom. The van der Waals surface area contributed by atoms with Crippen LogP contribution in [0.1, 0.15) is 5.56 Å². The van der Waals surface area contributed by atoms with Gasteiger partial charge in [0.25, 0.3) is 0 Å². The normalized spacial score (nSPS) is 15.7. The fourth-order valence-corrected chi connectivity index (χ4v) is 2.90. The Kier molecular flexibility index (Phi) is 3.01. The molecule has 0 aromatic heterocycles. The van der Waals surface area contributed by atoms with Gasteiger partial charge >= 0.3 is 10.2 Å². The Labute approximate surface area is 102 Å². The molecule has 94 valence electrons. The summed E-state index contributed by atoms with van der Waals surface area (Å²) in [5.74, 6) is 0.559. The first-order valence-electron chi connectivity index (χ1n) is 5.35. The van der Waals surface area contributed by atoms with Crippen molar-refractivity contribution in [3.05, 3.63) is 23.8 Å². The van der Waals surface area contributed by atoms with E-state index in [1.54, 1.807) is 19.2 Å². The highest BCUT2D eigenvalue weighted by Gasteiger charge is 2.36. The highest BCUT2D eigenvalue weighted by molar-refractivity contribution is 7.90. The molecule has 17 heavy (non-hydrogen) atoms. The SMILES string of the molecule is COc1ccc(C)cc1N(C)S(=O)(=O)N1CC1. The Balaban J connectivity index is 2.42. The van der Waals surface area contributed by atoms with E-state index in [0.29, 0.717) is 24.5 Å². The monoisotopic (exact) mass is 256 g/mol. The van der Waals surface area contributed by atoms with Crippen LogP contribution in [-0.2, 0) is 10.2 Å². The van der Waals surface area contributed by atoms with Gasteiger partial charge in [-0.25, -0.2) is 0 Å². The molecule has 0 amide bonds. The van der Waals surface area contributed by atoms with E-state index in [1.807, 2.05) is 13.0 Å². The molecule has 0 spiro atoms. The highest BCUT2D eigenvalue weighted by atomic mass is 32.2. The lowest BCUT2D eigenvalue weighted by Gasteiger charge is -2.22. The van der Waals surface area contributed by atoms with Crippen molar-refractivity contribution in [3.8, 4) is 5.75 Å². The lowest BCUT2D eigenvalue weighted by atomic mass is 10.2. The number of nitrogens with zero attached hydrogens (tertiary/aromatic N) is 2. The fourth-order valence-electron chi connectivity index (χ4n) is 1.62. The van der Waals surface area contributed by atoms with Gasteiger partial charge in [0.1, 0.15) is 5.75 Å². The summed E-state index contributed by atoms with van der Waals surface area (Å²) < 4.78 is 32.0. The van der Waals surface area contributed by atoms with E-state index >= 15 is 0 Å². The topological polar surface area (TPSA) is 49.6 Å². The van der Waals surface area contributed by atoms with E-state index in [9.17, 15) is 8.42 Å². The zero-order valence-corrected chi connectivity index (χ0v) is 11.0. The van der Waals surface area contributed by atoms with Crippen LogP contribution in [0.15, 0.2) is 18.2 Å². The van der Waals surface area contributed by atoms with Crippen LogP contribution in [0.2, 0.25) is 0 Å². The maximum Gasteiger partial charge on any atom is 0.304 e. The summed E-state index contributed by atoms with van der Waals surface area (Å²) in [4.78, 5) is 0. The van der Waals surface area contributed by atoms with Gasteiger partial charge in [-0.05, 0) is 24.6 Å². The molecule has 2 rings (SSSR count). The zero-order valence-electron chi connectivity index (χ0n) is 10.2. The molecular formula is C11H16N2O3S. The smallest absolute Gasteiger partial charge is 0.304 e. The van der Waals surface area contributed by atoms with Gasteiger partial charge in [-0.3, -0.25) is 4.31 Å². The molecule has 0 radical (unpaired) electrons. The Hall–Kier alpha value is -1.27. The van der Waals surface area contributed by atoms with Gasteiger partial charge in [0.05, 0.1) is 12.8 Å². The summed E-state index contributed by atoms with van der Waals surface area (Å²) in [6.07, 6.45) is 0.